The first kappa shape index (κ1) is 11.5. The summed E-state index contributed by atoms with van der Waals surface area (Å²) in [4.78, 5) is 11.8. The fourth-order valence-corrected chi connectivity index (χ4v) is 1.53. The van der Waals surface area contributed by atoms with E-state index >= 15 is 0 Å². The number of aryl methyl sites for hydroxylation is 1. The zero-order valence-electron chi connectivity index (χ0n) is 9.14. The van der Waals surface area contributed by atoms with Crippen molar-refractivity contribution in [1.29, 1.82) is 0 Å². The number of carbonyl (C=O) groups is 1. The fraction of sp³-hybridized carbons (Fsp3) is 0.0909. The molecule has 0 bridgehead atoms. The maximum Gasteiger partial charge on any atom is 0.276 e. The van der Waals surface area contributed by atoms with Gasteiger partial charge in [0, 0.05) is 18.3 Å². The van der Waals surface area contributed by atoms with Gasteiger partial charge in [0.25, 0.3) is 5.91 Å². The van der Waals surface area contributed by atoms with Gasteiger partial charge in [-0.15, -0.1) is 0 Å². The van der Waals surface area contributed by atoms with Gasteiger partial charge in [0.15, 0.2) is 5.69 Å². The Hall–Kier alpha value is -2.01. The van der Waals surface area contributed by atoms with Crippen molar-refractivity contribution in [2.45, 2.75) is 0 Å². The van der Waals surface area contributed by atoms with Crippen molar-refractivity contribution in [3.63, 3.8) is 0 Å². The molecule has 0 aliphatic heterocycles. The van der Waals surface area contributed by atoms with Crippen molar-refractivity contribution < 1.29 is 4.79 Å². The normalized spacial score (nSPS) is 10.2. The van der Waals surface area contributed by atoms with Crippen molar-refractivity contribution in [1.82, 2.24) is 9.78 Å². The molecule has 0 atom stereocenters. The van der Waals surface area contributed by atoms with Crippen molar-refractivity contribution in [3.8, 4) is 0 Å². The van der Waals surface area contributed by atoms with Crippen molar-refractivity contribution >= 4 is 28.9 Å². The number of nitrogen functional groups attached to an aromatic ring is 1. The first-order valence-corrected chi connectivity index (χ1v) is 5.30. The third-order valence-corrected chi connectivity index (χ3v) is 2.44. The Morgan fingerprint density at radius 2 is 2.24 bits per heavy atom. The van der Waals surface area contributed by atoms with E-state index < -0.39 is 0 Å². The van der Waals surface area contributed by atoms with Gasteiger partial charge in [-0.2, -0.15) is 5.10 Å². The summed E-state index contributed by atoms with van der Waals surface area (Å²) < 4.78 is 1.55. The molecule has 5 nitrogen and oxygen atoms in total. The van der Waals surface area contributed by atoms with Crippen LogP contribution in [0.3, 0.4) is 0 Å². The number of nitrogens with two attached hydrogens (primary N) is 1. The minimum Gasteiger partial charge on any atom is -0.397 e. The predicted octanol–water partition coefficient (Wildman–Crippen LogP) is 1.91. The molecule has 0 saturated heterocycles. The number of benzene rings is 1. The van der Waals surface area contributed by atoms with E-state index in [0.29, 0.717) is 22.1 Å². The van der Waals surface area contributed by atoms with Crippen LogP contribution in [0.1, 0.15) is 10.5 Å². The number of nitrogens with zero attached hydrogens (tertiary/aromatic N) is 2. The maximum absolute atomic E-state index is 11.8. The van der Waals surface area contributed by atoms with Crippen LogP contribution in [0.25, 0.3) is 0 Å². The molecule has 88 valence electrons. The third-order valence-electron chi connectivity index (χ3n) is 2.21. The molecule has 1 aromatic heterocycles. The number of anilines is 2. The Morgan fingerprint density at radius 3 is 2.88 bits per heavy atom. The predicted molar refractivity (Wildman–Crippen MR) is 67.0 cm³/mol. The van der Waals surface area contributed by atoms with Crippen molar-refractivity contribution in [3.05, 3.63) is 41.2 Å². The van der Waals surface area contributed by atoms with E-state index in [4.69, 9.17) is 17.3 Å². The summed E-state index contributed by atoms with van der Waals surface area (Å²) in [6.45, 7) is 0. The second-order valence-corrected chi connectivity index (χ2v) is 4.00. The molecule has 0 fully saturated rings. The van der Waals surface area contributed by atoms with Crippen LogP contribution in [0.4, 0.5) is 11.4 Å². The van der Waals surface area contributed by atoms with Gasteiger partial charge >= 0.3 is 0 Å². The number of halogens is 1. The highest BCUT2D eigenvalue weighted by Crippen LogP contribution is 2.23. The lowest BCUT2D eigenvalue weighted by Gasteiger charge is -2.06. The van der Waals surface area contributed by atoms with Crippen LogP contribution in [0.15, 0.2) is 30.5 Å². The van der Waals surface area contributed by atoms with Crippen LogP contribution in [0.5, 0.6) is 0 Å². The minimum atomic E-state index is -0.320. The summed E-state index contributed by atoms with van der Waals surface area (Å²) in [6.07, 6.45) is 1.69. The highest BCUT2D eigenvalue weighted by molar-refractivity contribution is 6.31. The van der Waals surface area contributed by atoms with Gasteiger partial charge in [-0.3, -0.25) is 9.48 Å². The van der Waals surface area contributed by atoms with Crippen molar-refractivity contribution in [2.75, 3.05) is 11.1 Å². The Kier molecular flexibility index (Phi) is 3.01. The second kappa shape index (κ2) is 4.47. The summed E-state index contributed by atoms with van der Waals surface area (Å²) in [5.41, 5.74) is 6.98. The topological polar surface area (TPSA) is 72.9 Å². The van der Waals surface area contributed by atoms with E-state index in [1.807, 2.05) is 0 Å². The van der Waals surface area contributed by atoms with Gasteiger partial charge in [-0.05, 0) is 24.3 Å². The Balaban J connectivity index is 2.21. The Morgan fingerprint density at radius 1 is 1.47 bits per heavy atom. The molecule has 17 heavy (non-hydrogen) atoms. The highest BCUT2D eigenvalue weighted by atomic mass is 35.5. The van der Waals surface area contributed by atoms with Gasteiger partial charge in [0.2, 0.25) is 0 Å². The molecule has 3 N–H and O–H groups in total. The van der Waals surface area contributed by atoms with E-state index in [0.717, 1.165) is 0 Å². The molecule has 0 unspecified atom stereocenters. The lowest BCUT2D eigenvalue weighted by molar-refractivity contribution is 0.102. The zero-order valence-corrected chi connectivity index (χ0v) is 9.90. The van der Waals surface area contributed by atoms with Crippen LogP contribution in [-0.2, 0) is 7.05 Å². The van der Waals surface area contributed by atoms with E-state index in [2.05, 4.69) is 10.4 Å². The zero-order chi connectivity index (χ0) is 12.4. The van der Waals surface area contributed by atoms with Crippen LogP contribution in [0.2, 0.25) is 5.02 Å². The van der Waals surface area contributed by atoms with E-state index in [-0.39, 0.29) is 5.91 Å². The summed E-state index contributed by atoms with van der Waals surface area (Å²) in [7, 11) is 1.74. The average Bonchev–Trinajstić information content (AvgIpc) is 2.70. The molecule has 0 aliphatic carbocycles. The molecule has 0 saturated carbocycles. The largest absolute Gasteiger partial charge is 0.397 e. The lowest BCUT2D eigenvalue weighted by atomic mass is 10.2. The van der Waals surface area contributed by atoms with Crippen LogP contribution < -0.4 is 11.1 Å². The van der Waals surface area contributed by atoms with E-state index in [9.17, 15) is 4.79 Å². The van der Waals surface area contributed by atoms with E-state index in [1.165, 1.54) is 0 Å². The van der Waals surface area contributed by atoms with Crippen LogP contribution >= 0.6 is 11.6 Å². The van der Waals surface area contributed by atoms with Gasteiger partial charge < -0.3 is 11.1 Å². The number of rotatable bonds is 2. The van der Waals surface area contributed by atoms with E-state index in [1.54, 1.807) is 42.2 Å². The summed E-state index contributed by atoms with van der Waals surface area (Å²) in [6, 6.07) is 6.51. The van der Waals surface area contributed by atoms with Gasteiger partial charge in [0.05, 0.1) is 11.4 Å². The number of carbonyl (C=O) groups excluding carboxylic acids is 1. The molecular formula is C11H11ClN4O. The summed E-state index contributed by atoms with van der Waals surface area (Å²) >= 11 is 5.82. The second-order valence-electron chi connectivity index (χ2n) is 3.56. The first-order valence-electron chi connectivity index (χ1n) is 4.92. The molecule has 0 aliphatic rings. The minimum absolute atomic E-state index is 0.320. The van der Waals surface area contributed by atoms with Crippen LogP contribution in [-0.4, -0.2) is 15.7 Å². The molecule has 2 aromatic rings. The summed E-state index contributed by atoms with van der Waals surface area (Å²) in [5.74, 6) is -0.320. The molecule has 6 heteroatoms. The lowest BCUT2D eigenvalue weighted by Crippen LogP contribution is -2.14. The molecule has 1 amide bonds. The Labute approximate surface area is 103 Å². The maximum atomic E-state index is 11.8. The van der Waals surface area contributed by atoms with Gasteiger partial charge in [0.1, 0.15) is 0 Å². The standard InChI is InChI=1S/C11H11ClN4O/c1-16-5-4-9(15-16)11(17)14-10-6-7(12)2-3-8(10)13/h2-6H,13H2,1H3,(H,14,17). The average molecular weight is 251 g/mol. The fourth-order valence-electron chi connectivity index (χ4n) is 1.36. The number of hydrogen-bond donors (Lipinski definition) is 2. The first-order chi connectivity index (χ1) is 8.06. The molecule has 1 aromatic carbocycles. The quantitative estimate of drug-likeness (QED) is 0.800. The number of hydrogen-bond acceptors (Lipinski definition) is 3. The highest BCUT2D eigenvalue weighted by Gasteiger charge is 2.10. The van der Waals surface area contributed by atoms with Gasteiger partial charge in [-0.25, -0.2) is 0 Å². The monoisotopic (exact) mass is 250 g/mol. The number of nitrogens with one attached hydrogen (secondary N) is 1. The number of aromatic nitrogens is 2. The molecular weight excluding hydrogens is 240 g/mol. The summed E-state index contributed by atoms with van der Waals surface area (Å²) in [5, 5.41) is 7.16. The number of amides is 1. The smallest absolute Gasteiger partial charge is 0.276 e. The molecule has 2 rings (SSSR count). The van der Waals surface area contributed by atoms with Crippen LogP contribution in [0, 0.1) is 0 Å². The SMILES string of the molecule is Cn1ccc(C(=O)Nc2cc(Cl)ccc2N)n1. The third kappa shape index (κ3) is 2.57. The molecule has 1 heterocycles. The Bertz CT molecular complexity index is 564. The molecule has 0 radical (unpaired) electrons. The van der Waals surface area contributed by atoms with Crippen molar-refractivity contribution in [2.24, 2.45) is 7.05 Å². The molecule has 0 spiro atoms. The van der Waals surface area contributed by atoms with Gasteiger partial charge in [-0.1, -0.05) is 11.6 Å².